The number of pyridine rings is 1. The van der Waals surface area contributed by atoms with Crippen LogP contribution in [0.4, 0.5) is 0 Å². The average Bonchev–Trinajstić information content (AvgIpc) is 2.48. The van der Waals surface area contributed by atoms with Gasteiger partial charge in [-0.05, 0) is 24.5 Å². The zero-order valence-electron chi connectivity index (χ0n) is 7.76. The van der Waals surface area contributed by atoms with Gasteiger partial charge in [-0.25, -0.2) is 4.98 Å². The van der Waals surface area contributed by atoms with Gasteiger partial charge in [0.25, 0.3) is 0 Å². The molecule has 0 saturated carbocycles. The number of aromatic nitrogens is 1. The molecule has 1 heterocycles. The van der Waals surface area contributed by atoms with E-state index in [-0.39, 0.29) is 5.78 Å². The lowest BCUT2D eigenvalue weighted by Gasteiger charge is -2.04. The van der Waals surface area contributed by atoms with E-state index in [9.17, 15) is 4.79 Å². The van der Waals surface area contributed by atoms with Crippen LogP contribution in [0.15, 0.2) is 6.07 Å². The predicted octanol–water partition coefficient (Wildman–Crippen LogP) is 1.53. The van der Waals surface area contributed by atoms with Crippen molar-refractivity contribution in [3.05, 3.63) is 22.9 Å². The summed E-state index contributed by atoms with van der Waals surface area (Å²) in [4.78, 5) is 15.5. The third-order valence-corrected chi connectivity index (χ3v) is 2.40. The van der Waals surface area contributed by atoms with E-state index in [1.165, 1.54) is 0 Å². The van der Waals surface area contributed by atoms with E-state index in [2.05, 4.69) is 4.98 Å². The lowest BCUT2D eigenvalue weighted by atomic mass is 10.1. The normalized spacial score (nSPS) is 14.5. The Morgan fingerprint density at radius 2 is 2.23 bits per heavy atom. The molecule has 0 aromatic carbocycles. The summed E-state index contributed by atoms with van der Waals surface area (Å²) in [5, 5.41) is 0. The largest absolute Gasteiger partial charge is 0.481 e. The second-order valence-corrected chi connectivity index (χ2v) is 3.23. The molecule has 0 fully saturated rings. The molecule has 0 amide bonds. The minimum Gasteiger partial charge on any atom is -0.481 e. The van der Waals surface area contributed by atoms with Gasteiger partial charge in [0.1, 0.15) is 5.69 Å². The van der Waals surface area contributed by atoms with E-state index >= 15 is 0 Å². The minimum absolute atomic E-state index is 0.136. The molecule has 1 aliphatic carbocycles. The number of methoxy groups -OCH3 is 1. The summed E-state index contributed by atoms with van der Waals surface area (Å²) >= 11 is 0. The van der Waals surface area contributed by atoms with Crippen LogP contribution in [0.3, 0.4) is 0 Å². The van der Waals surface area contributed by atoms with E-state index in [0.29, 0.717) is 18.0 Å². The first-order valence-corrected chi connectivity index (χ1v) is 4.30. The Bertz CT molecular complexity index is 371. The maximum atomic E-state index is 11.4. The fraction of sp³-hybridized carbons (Fsp3) is 0.400. The molecule has 68 valence electrons. The number of nitrogens with zero attached hydrogens (tertiary/aromatic N) is 1. The minimum atomic E-state index is 0.136. The molecule has 0 radical (unpaired) electrons. The summed E-state index contributed by atoms with van der Waals surface area (Å²) < 4.78 is 5.01. The highest BCUT2D eigenvalue weighted by Gasteiger charge is 2.23. The van der Waals surface area contributed by atoms with E-state index in [0.717, 1.165) is 17.5 Å². The average molecular weight is 177 g/mol. The molecule has 1 aromatic rings. The molecule has 3 heteroatoms. The van der Waals surface area contributed by atoms with E-state index < -0.39 is 0 Å². The first-order chi connectivity index (χ1) is 6.22. The molecule has 0 spiro atoms. The van der Waals surface area contributed by atoms with Crippen LogP contribution in [0.1, 0.15) is 28.0 Å². The fourth-order valence-electron chi connectivity index (χ4n) is 1.68. The van der Waals surface area contributed by atoms with Crippen molar-refractivity contribution in [2.75, 3.05) is 7.11 Å². The van der Waals surface area contributed by atoms with Crippen LogP contribution >= 0.6 is 0 Å². The highest BCUT2D eigenvalue weighted by Crippen LogP contribution is 2.26. The summed E-state index contributed by atoms with van der Waals surface area (Å²) in [6.07, 6.45) is 1.42. The van der Waals surface area contributed by atoms with Gasteiger partial charge in [-0.3, -0.25) is 4.79 Å². The number of carbonyl (C=O) groups excluding carboxylic acids is 1. The van der Waals surface area contributed by atoms with E-state index in [4.69, 9.17) is 4.74 Å². The van der Waals surface area contributed by atoms with Gasteiger partial charge in [0.05, 0.1) is 7.11 Å². The molecule has 0 bridgehead atoms. The number of carbonyl (C=O) groups is 1. The lowest BCUT2D eigenvalue weighted by molar-refractivity contribution is 0.0989. The summed E-state index contributed by atoms with van der Waals surface area (Å²) in [7, 11) is 1.56. The maximum absolute atomic E-state index is 11.4. The molecule has 2 rings (SSSR count). The standard InChI is InChI=1S/C10H11NO2/c1-6-5-9(13-2)11-10-7(6)3-4-8(10)12/h5H,3-4H2,1-2H3. The van der Waals surface area contributed by atoms with Crippen molar-refractivity contribution in [3.63, 3.8) is 0 Å². The SMILES string of the molecule is COc1cc(C)c2c(n1)C(=O)CC2. The van der Waals surface area contributed by atoms with Crippen molar-refractivity contribution in [2.24, 2.45) is 0 Å². The molecule has 3 nitrogen and oxygen atoms in total. The van der Waals surface area contributed by atoms with Gasteiger partial charge in [0.2, 0.25) is 5.88 Å². The number of hydrogen-bond acceptors (Lipinski definition) is 3. The van der Waals surface area contributed by atoms with Gasteiger partial charge in [-0.1, -0.05) is 0 Å². The van der Waals surface area contributed by atoms with Crippen LogP contribution in [0, 0.1) is 6.92 Å². The molecular formula is C10H11NO2. The second kappa shape index (κ2) is 2.83. The highest BCUT2D eigenvalue weighted by molar-refractivity contribution is 5.99. The van der Waals surface area contributed by atoms with E-state index in [1.54, 1.807) is 7.11 Å². The molecule has 0 atom stereocenters. The Hall–Kier alpha value is -1.38. The Balaban J connectivity index is 2.60. The smallest absolute Gasteiger partial charge is 0.213 e. The summed E-state index contributed by atoms with van der Waals surface area (Å²) in [5.41, 5.74) is 2.80. The zero-order valence-corrected chi connectivity index (χ0v) is 7.76. The van der Waals surface area contributed by atoms with Crippen LogP contribution in [-0.2, 0) is 6.42 Å². The quantitative estimate of drug-likeness (QED) is 0.653. The zero-order chi connectivity index (χ0) is 9.42. The Kier molecular flexibility index (Phi) is 1.79. The number of ketones is 1. The molecule has 0 aliphatic heterocycles. The van der Waals surface area contributed by atoms with Crippen molar-refractivity contribution in [1.29, 1.82) is 0 Å². The first kappa shape index (κ1) is 8.23. The first-order valence-electron chi connectivity index (χ1n) is 4.30. The molecule has 0 unspecified atom stereocenters. The fourth-order valence-corrected chi connectivity index (χ4v) is 1.68. The van der Waals surface area contributed by atoms with Crippen molar-refractivity contribution < 1.29 is 9.53 Å². The Labute approximate surface area is 76.7 Å². The Morgan fingerprint density at radius 3 is 2.92 bits per heavy atom. The molecule has 0 saturated heterocycles. The van der Waals surface area contributed by atoms with Crippen LogP contribution in [-0.4, -0.2) is 17.9 Å². The van der Waals surface area contributed by atoms with Crippen LogP contribution in [0.5, 0.6) is 5.88 Å². The number of Topliss-reactive ketones (excluding diaryl/α,β-unsaturated/α-hetero) is 1. The summed E-state index contributed by atoms with van der Waals surface area (Å²) in [6.45, 7) is 1.99. The van der Waals surface area contributed by atoms with Gasteiger partial charge < -0.3 is 4.74 Å². The number of fused-ring (bicyclic) bond motifs is 1. The Morgan fingerprint density at radius 1 is 1.46 bits per heavy atom. The van der Waals surface area contributed by atoms with Crippen LogP contribution in [0.2, 0.25) is 0 Å². The van der Waals surface area contributed by atoms with Gasteiger partial charge in [0, 0.05) is 12.5 Å². The topological polar surface area (TPSA) is 39.2 Å². The van der Waals surface area contributed by atoms with Crippen molar-refractivity contribution in [3.8, 4) is 5.88 Å². The molecule has 1 aromatic heterocycles. The third kappa shape index (κ3) is 1.20. The molecule has 0 N–H and O–H groups in total. The molecule has 1 aliphatic rings. The second-order valence-electron chi connectivity index (χ2n) is 3.23. The maximum Gasteiger partial charge on any atom is 0.213 e. The summed E-state index contributed by atoms with van der Waals surface area (Å²) in [6, 6.07) is 1.87. The lowest BCUT2D eigenvalue weighted by Crippen LogP contribution is -2.00. The summed E-state index contributed by atoms with van der Waals surface area (Å²) in [5.74, 6) is 0.670. The van der Waals surface area contributed by atoms with E-state index in [1.807, 2.05) is 13.0 Å². The number of ether oxygens (including phenoxy) is 1. The van der Waals surface area contributed by atoms with Crippen LogP contribution in [0.25, 0.3) is 0 Å². The molecular weight excluding hydrogens is 166 g/mol. The van der Waals surface area contributed by atoms with Gasteiger partial charge >= 0.3 is 0 Å². The van der Waals surface area contributed by atoms with Crippen molar-refractivity contribution in [2.45, 2.75) is 19.8 Å². The number of hydrogen-bond donors (Lipinski definition) is 0. The molecule has 13 heavy (non-hydrogen) atoms. The van der Waals surface area contributed by atoms with Crippen LogP contribution < -0.4 is 4.74 Å². The third-order valence-electron chi connectivity index (χ3n) is 2.40. The van der Waals surface area contributed by atoms with Gasteiger partial charge in [0.15, 0.2) is 5.78 Å². The predicted molar refractivity (Wildman–Crippen MR) is 48.2 cm³/mol. The van der Waals surface area contributed by atoms with Gasteiger partial charge in [-0.2, -0.15) is 0 Å². The monoisotopic (exact) mass is 177 g/mol. The van der Waals surface area contributed by atoms with Gasteiger partial charge in [-0.15, -0.1) is 0 Å². The highest BCUT2D eigenvalue weighted by atomic mass is 16.5. The van der Waals surface area contributed by atoms with Crippen molar-refractivity contribution >= 4 is 5.78 Å². The number of aryl methyl sites for hydroxylation is 1. The number of rotatable bonds is 1. The van der Waals surface area contributed by atoms with Crippen molar-refractivity contribution in [1.82, 2.24) is 4.98 Å².